The first-order valence-corrected chi connectivity index (χ1v) is 11.1. The van der Waals surface area contributed by atoms with E-state index in [1.165, 1.54) is 48.8 Å². The Morgan fingerprint density at radius 3 is 1.57 bits per heavy atom. The van der Waals surface area contributed by atoms with Crippen LogP contribution in [0, 0.1) is 23.7 Å². The third kappa shape index (κ3) is 6.69. The largest absolute Gasteiger partial charge is 0.0982 e. The first-order chi connectivity index (χ1) is 14.8. The van der Waals surface area contributed by atoms with Gasteiger partial charge in [-0.3, -0.25) is 0 Å². The Bertz CT molecular complexity index is 1030. The number of aryl methyl sites for hydroxylation is 1. The molecule has 0 unspecified atom stereocenters. The molecule has 0 spiro atoms. The molecule has 0 saturated heterocycles. The maximum Gasteiger partial charge on any atom is 0.0249 e. The number of unbranched alkanes of at least 4 members (excludes halogenated alkanes) is 3. The average Bonchev–Trinajstić information content (AvgIpc) is 2.81. The van der Waals surface area contributed by atoms with E-state index >= 15 is 0 Å². The molecule has 0 bridgehead atoms. The van der Waals surface area contributed by atoms with E-state index in [0.29, 0.717) is 0 Å². The van der Waals surface area contributed by atoms with Crippen LogP contribution in [0.3, 0.4) is 0 Å². The van der Waals surface area contributed by atoms with Gasteiger partial charge < -0.3 is 0 Å². The van der Waals surface area contributed by atoms with Gasteiger partial charge in [-0.15, -0.1) is 0 Å². The van der Waals surface area contributed by atoms with E-state index in [1.54, 1.807) is 0 Å². The second-order valence-electron chi connectivity index (χ2n) is 7.57. The van der Waals surface area contributed by atoms with Crippen LogP contribution in [-0.4, -0.2) is 0 Å². The van der Waals surface area contributed by atoms with Crippen molar-refractivity contribution >= 4 is 0 Å². The van der Waals surface area contributed by atoms with Crippen molar-refractivity contribution in [2.45, 2.75) is 52.4 Å². The first kappa shape index (κ1) is 21.5. The standard InChI is InChI=1S/C30H30/c1-3-5-7-8-10-26-17-21-29(22-18-26)30-23-19-28(20-24-30)16-15-27-13-11-25(12-14-27)9-6-4-2/h11-14,17-24H,3-5,7-8,10H2,1-2H3. The summed E-state index contributed by atoms with van der Waals surface area (Å²) < 4.78 is 0. The normalized spacial score (nSPS) is 9.93. The molecule has 3 rings (SSSR count). The van der Waals surface area contributed by atoms with E-state index in [2.05, 4.69) is 86.1 Å². The monoisotopic (exact) mass is 390 g/mol. The van der Waals surface area contributed by atoms with Gasteiger partial charge in [0, 0.05) is 23.1 Å². The van der Waals surface area contributed by atoms with Crippen molar-refractivity contribution < 1.29 is 0 Å². The van der Waals surface area contributed by atoms with Crippen LogP contribution in [0.4, 0.5) is 0 Å². The topological polar surface area (TPSA) is 0 Å². The fourth-order valence-corrected chi connectivity index (χ4v) is 3.34. The molecule has 0 aromatic heterocycles. The highest BCUT2D eigenvalue weighted by Crippen LogP contribution is 2.21. The Kier molecular flexibility index (Phi) is 8.38. The van der Waals surface area contributed by atoms with E-state index in [0.717, 1.165) is 23.1 Å². The van der Waals surface area contributed by atoms with Gasteiger partial charge in [0.05, 0.1) is 0 Å². The number of benzene rings is 3. The highest BCUT2D eigenvalue weighted by Gasteiger charge is 1.99. The van der Waals surface area contributed by atoms with Crippen molar-refractivity contribution in [1.82, 2.24) is 0 Å². The van der Waals surface area contributed by atoms with E-state index < -0.39 is 0 Å². The van der Waals surface area contributed by atoms with Crippen LogP contribution in [0.15, 0.2) is 72.8 Å². The predicted molar refractivity (Wildman–Crippen MR) is 129 cm³/mol. The van der Waals surface area contributed by atoms with Gasteiger partial charge >= 0.3 is 0 Å². The molecule has 3 aromatic carbocycles. The number of hydrogen-bond donors (Lipinski definition) is 0. The Morgan fingerprint density at radius 1 is 0.533 bits per heavy atom. The van der Waals surface area contributed by atoms with E-state index in [1.807, 2.05) is 24.3 Å². The molecule has 0 heterocycles. The molecule has 0 saturated carbocycles. The Morgan fingerprint density at radius 2 is 1.03 bits per heavy atom. The third-order valence-corrected chi connectivity index (χ3v) is 5.14. The van der Waals surface area contributed by atoms with Crippen molar-refractivity contribution in [3.63, 3.8) is 0 Å². The van der Waals surface area contributed by atoms with Crippen molar-refractivity contribution in [1.29, 1.82) is 0 Å². The molecule has 0 aliphatic rings. The molecule has 30 heavy (non-hydrogen) atoms. The minimum absolute atomic E-state index is 0.876. The predicted octanol–water partition coefficient (Wildman–Crippen LogP) is 7.64. The Hall–Kier alpha value is -3.22. The Balaban J connectivity index is 1.61. The molecule has 0 heteroatoms. The van der Waals surface area contributed by atoms with E-state index in [4.69, 9.17) is 0 Å². The van der Waals surface area contributed by atoms with Gasteiger partial charge in [0.15, 0.2) is 0 Å². The molecule has 0 radical (unpaired) electrons. The van der Waals surface area contributed by atoms with Crippen LogP contribution in [0.5, 0.6) is 0 Å². The summed E-state index contributed by atoms with van der Waals surface area (Å²) in [6.07, 6.45) is 7.31. The maximum atomic E-state index is 3.26. The zero-order chi connectivity index (χ0) is 21.0. The quantitative estimate of drug-likeness (QED) is 0.300. The summed E-state index contributed by atoms with van der Waals surface area (Å²) in [4.78, 5) is 0. The van der Waals surface area contributed by atoms with Crippen LogP contribution < -0.4 is 0 Å². The van der Waals surface area contributed by atoms with Gasteiger partial charge in [-0.05, 0) is 65.9 Å². The number of rotatable bonds is 6. The molecular formula is C30H30. The van der Waals surface area contributed by atoms with Crippen molar-refractivity contribution in [3.8, 4) is 34.8 Å². The summed E-state index contributed by atoms with van der Waals surface area (Å²) in [5.74, 6) is 12.7. The zero-order valence-corrected chi connectivity index (χ0v) is 18.2. The third-order valence-electron chi connectivity index (χ3n) is 5.14. The second-order valence-corrected chi connectivity index (χ2v) is 7.57. The van der Waals surface area contributed by atoms with Gasteiger partial charge in [-0.25, -0.2) is 0 Å². The molecule has 0 aliphatic heterocycles. The van der Waals surface area contributed by atoms with Crippen molar-refractivity contribution in [2.75, 3.05) is 0 Å². The SMILES string of the molecule is CCC#Cc1ccc(C#Cc2ccc(-c3ccc(CCCCCC)cc3)cc2)cc1. The molecule has 0 N–H and O–H groups in total. The first-order valence-electron chi connectivity index (χ1n) is 11.1. The lowest BCUT2D eigenvalue weighted by atomic mass is 10.0. The van der Waals surface area contributed by atoms with Gasteiger partial charge in [0.1, 0.15) is 0 Å². The highest BCUT2D eigenvalue weighted by atomic mass is 14.0. The molecule has 0 amide bonds. The van der Waals surface area contributed by atoms with Crippen LogP contribution in [0.1, 0.15) is 68.2 Å². The summed E-state index contributed by atoms with van der Waals surface area (Å²) in [5, 5.41) is 0. The summed E-state index contributed by atoms with van der Waals surface area (Å²) in [7, 11) is 0. The lowest BCUT2D eigenvalue weighted by Gasteiger charge is -2.05. The number of hydrogen-bond acceptors (Lipinski definition) is 0. The summed E-state index contributed by atoms with van der Waals surface area (Å²) in [5.41, 5.74) is 7.01. The fraction of sp³-hybridized carbons (Fsp3) is 0.267. The minimum Gasteiger partial charge on any atom is -0.0982 e. The van der Waals surface area contributed by atoms with Crippen LogP contribution in [0.2, 0.25) is 0 Å². The van der Waals surface area contributed by atoms with E-state index in [9.17, 15) is 0 Å². The minimum atomic E-state index is 0.876. The van der Waals surface area contributed by atoms with Crippen LogP contribution >= 0.6 is 0 Å². The molecule has 3 aromatic rings. The van der Waals surface area contributed by atoms with Crippen LogP contribution in [0.25, 0.3) is 11.1 Å². The van der Waals surface area contributed by atoms with E-state index in [-0.39, 0.29) is 0 Å². The van der Waals surface area contributed by atoms with Crippen molar-refractivity contribution in [2.24, 2.45) is 0 Å². The molecule has 150 valence electrons. The summed E-state index contributed by atoms with van der Waals surface area (Å²) in [6, 6.07) is 25.6. The average molecular weight is 391 g/mol. The Labute approximate surface area is 182 Å². The lowest BCUT2D eigenvalue weighted by Crippen LogP contribution is -1.86. The lowest BCUT2D eigenvalue weighted by molar-refractivity contribution is 0.667. The van der Waals surface area contributed by atoms with Gasteiger partial charge in [-0.1, -0.05) is 93.2 Å². The van der Waals surface area contributed by atoms with Gasteiger partial charge in [-0.2, -0.15) is 0 Å². The maximum absolute atomic E-state index is 3.26. The highest BCUT2D eigenvalue weighted by molar-refractivity contribution is 5.64. The fourth-order valence-electron chi connectivity index (χ4n) is 3.34. The molecule has 0 fully saturated rings. The summed E-state index contributed by atoms with van der Waals surface area (Å²) >= 11 is 0. The summed E-state index contributed by atoms with van der Waals surface area (Å²) in [6.45, 7) is 4.32. The smallest absolute Gasteiger partial charge is 0.0249 e. The second kappa shape index (κ2) is 11.7. The zero-order valence-electron chi connectivity index (χ0n) is 18.2. The molecule has 0 nitrogen and oxygen atoms in total. The van der Waals surface area contributed by atoms with Gasteiger partial charge in [0.25, 0.3) is 0 Å². The molecule has 0 atom stereocenters. The van der Waals surface area contributed by atoms with Crippen LogP contribution in [-0.2, 0) is 6.42 Å². The van der Waals surface area contributed by atoms with Gasteiger partial charge in [0.2, 0.25) is 0 Å². The van der Waals surface area contributed by atoms with Crippen molar-refractivity contribution in [3.05, 3.63) is 95.1 Å². The molecule has 0 aliphatic carbocycles. The molecular weight excluding hydrogens is 360 g/mol.